The fourth-order valence-electron chi connectivity index (χ4n) is 2.04. The van der Waals surface area contributed by atoms with Crippen molar-refractivity contribution in [1.82, 2.24) is 15.8 Å². The molecule has 0 radical (unpaired) electrons. The van der Waals surface area contributed by atoms with Crippen molar-refractivity contribution in [3.63, 3.8) is 0 Å². The van der Waals surface area contributed by atoms with E-state index in [9.17, 15) is 8.78 Å². The molecule has 1 heterocycles. The van der Waals surface area contributed by atoms with Crippen LogP contribution in [0.1, 0.15) is 36.9 Å². The van der Waals surface area contributed by atoms with E-state index in [1.807, 2.05) is 19.9 Å². The van der Waals surface area contributed by atoms with Gasteiger partial charge >= 0.3 is 0 Å². The largest absolute Gasteiger partial charge is 0.359 e. The third-order valence-electron chi connectivity index (χ3n) is 3.42. The summed E-state index contributed by atoms with van der Waals surface area (Å²) < 4.78 is 31.5. The first-order valence-electron chi connectivity index (χ1n) is 7.40. The lowest BCUT2D eigenvalue weighted by atomic mass is 10.1. The van der Waals surface area contributed by atoms with E-state index in [1.165, 1.54) is 12.1 Å². The van der Waals surface area contributed by atoms with Gasteiger partial charge in [0.15, 0.2) is 23.4 Å². The standard InChI is InChI=1S/C16H20F2N4O/c1-4-12-8-13(23-22-12)9-20-16(19-3)21-10(2)11-5-6-14(17)15(18)7-11/h5-8,10H,4,9H2,1-3H3,(H2,19,20,21). The number of hydrogen-bond donors (Lipinski definition) is 2. The third-order valence-corrected chi connectivity index (χ3v) is 3.42. The monoisotopic (exact) mass is 322 g/mol. The van der Waals surface area contributed by atoms with Crippen LogP contribution >= 0.6 is 0 Å². The Morgan fingerprint density at radius 2 is 2.09 bits per heavy atom. The zero-order chi connectivity index (χ0) is 16.8. The highest BCUT2D eigenvalue weighted by molar-refractivity contribution is 5.80. The summed E-state index contributed by atoms with van der Waals surface area (Å²) in [7, 11) is 1.63. The van der Waals surface area contributed by atoms with E-state index in [1.54, 1.807) is 7.05 Å². The minimum atomic E-state index is -0.868. The molecule has 0 aliphatic carbocycles. The Bertz CT molecular complexity index is 684. The molecule has 0 spiro atoms. The Hall–Kier alpha value is -2.44. The van der Waals surface area contributed by atoms with Crippen molar-refractivity contribution < 1.29 is 13.3 Å². The van der Waals surface area contributed by atoms with Gasteiger partial charge in [-0.15, -0.1) is 0 Å². The minimum absolute atomic E-state index is 0.239. The van der Waals surface area contributed by atoms with Crippen LogP contribution in [0.3, 0.4) is 0 Å². The molecule has 0 bridgehead atoms. The summed E-state index contributed by atoms with van der Waals surface area (Å²) in [5.41, 5.74) is 1.51. The van der Waals surface area contributed by atoms with Crippen molar-refractivity contribution in [2.24, 2.45) is 4.99 Å². The summed E-state index contributed by atoms with van der Waals surface area (Å²) in [5, 5.41) is 10.1. The number of aromatic nitrogens is 1. The molecule has 23 heavy (non-hydrogen) atoms. The van der Waals surface area contributed by atoms with E-state index in [-0.39, 0.29) is 6.04 Å². The van der Waals surface area contributed by atoms with Crippen molar-refractivity contribution in [3.05, 3.63) is 52.9 Å². The summed E-state index contributed by atoms with van der Waals surface area (Å²) in [6, 6.07) is 5.45. The zero-order valence-electron chi connectivity index (χ0n) is 13.4. The summed E-state index contributed by atoms with van der Waals surface area (Å²) in [5.74, 6) is -0.504. The van der Waals surface area contributed by atoms with Crippen LogP contribution in [-0.2, 0) is 13.0 Å². The van der Waals surface area contributed by atoms with Gasteiger partial charge in [0, 0.05) is 13.1 Å². The molecular weight excluding hydrogens is 302 g/mol. The third kappa shape index (κ3) is 4.51. The van der Waals surface area contributed by atoms with Gasteiger partial charge in [0.2, 0.25) is 0 Å². The van der Waals surface area contributed by atoms with Crippen molar-refractivity contribution in [2.45, 2.75) is 32.9 Å². The van der Waals surface area contributed by atoms with Gasteiger partial charge in [0.1, 0.15) is 0 Å². The maximum absolute atomic E-state index is 13.3. The van der Waals surface area contributed by atoms with Gasteiger partial charge in [-0.2, -0.15) is 0 Å². The van der Waals surface area contributed by atoms with E-state index in [0.29, 0.717) is 23.8 Å². The lowest BCUT2D eigenvalue weighted by molar-refractivity contribution is 0.374. The lowest BCUT2D eigenvalue weighted by Crippen LogP contribution is -2.38. The molecule has 2 aromatic rings. The highest BCUT2D eigenvalue weighted by Gasteiger charge is 2.11. The van der Waals surface area contributed by atoms with Crippen molar-refractivity contribution in [2.75, 3.05) is 7.05 Å². The number of rotatable bonds is 5. The zero-order valence-corrected chi connectivity index (χ0v) is 13.4. The second kappa shape index (κ2) is 7.71. The second-order valence-corrected chi connectivity index (χ2v) is 5.10. The predicted molar refractivity (Wildman–Crippen MR) is 84.0 cm³/mol. The maximum Gasteiger partial charge on any atom is 0.191 e. The highest BCUT2D eigenvalue weighted by atomic mass is 19.2. The fraction of sp³-hybridized carbons (Fsp3) is 0.375. The SMILES string of the molecule is CCc1cc(CNC(=NC)NC(C)c2ccc(F)c(F)c2)on1. The summed E-state index contributed by atoms with van der Waals surface area (Å²) >= 11 is 0. The van der Waals surface area contributed by atoms with Crippen LogP contribution in [-0.4, -0.2) is 18.2 Å². The Kier molecular flexibility index (Phi) is 5.67. The Labute approximate surface area is 133 Å². The van der Waals surface area contributed by atoms with Crippen LogP contribution in [0.15, 0.2) is 33.8 Å². The first-order chi connectivity index (χ1) is 11.0. The van der Waals surface area contributed by atoms with Gasteiger partial charge in [0.25, 0.3) is 0 Å². The molecule has 1 aromatic heterocycles. The number of benzene rings is 1. The van der Waals surface area contributed by atoms with E-state index in [4.69, 9.17) is 4.52 Å². The molecule has 0 saturated carbocycles. The fourth-order valence-corrected chi connectivity index (χ4v) is 2.04. The van der Waals surface area contributed by atoms with Gasteiger partial charge in [0.05, 0.1) is 18.3 Å². The Morgan fingerprint density at radius 1 is 1.30 bits per heavy atom. The molecule has 5 nitrogen and oxygen atoms in total. The average molecular weight is 322 g/mol. The highest BCUT2D eigenvalue weighted by Crippen LogP contribution is 2.15. The first-order valence-corrected chi connectivity index (χ1v) is 7.40. The lowest BCUT2D eigenvalue weighted by Gasteiger charge is -2.18. The van der Waals surface area contributed by atoms with E-state index in [2.05, 4.69) is 20.8 Å². The molecule has 2 rings (SSSR count). The van der Waals surface area contributed by atoms with Gasteiger partial charge < -0.3 is 15.2 Å². The Balaban J connectivity index is 1.94. The normalized spacial score (nSPS) is 13.0. The van der Waals surface area contributed by atoms with Crippen LogP contribution < -0.4 is 10.6 Å². The quantitative estimate of drug-likeness (QED) is 0.656. The molecule has 0 saturated heterocycles. The van der Waals surface area contributed by atoms with Crippen molar-refractivity contribution in [3.8, 4) is 0 Å². The molecule has 0 amide bonds. The summed E-state index contributed by atoms with van der Waals surface area (Å²) in [6.07, 6.45) is 0.809. The number of nitrogens with one attached hydrogen (secondary N) is 2. The van der Waals surface area contributed by atoms with Crippen LogP contribution in [0.25, 0.3) is 0 Å². The topological polar surface area (TPSA) is 62.5 Å². The van der Waals surface area contributed by atoms with Gasteiger partial charge in [-0.05, 0) is 31.0 Å². The van der Waals surface area contributed by atoms with Crippen LogP contribution in [0.4, 0.5) is 8.78 Å². The van der Waals surface area contributed by atoms with E-state index in [0.717, 1.165) is 18.2 Å². The van der Waals surface area contributed by atoms with E-state index < -0.39 is 11.6 Å². The molecule has 0 aliphatic heterocycles. The van der Waals surface area contributed by atoms with Crippen LogP contribution in [0.5, 0.6) is 0 Å². The number of guanidine groups is 1. The number of aliphatic imine (C=N–C) groups is 1. The summed E-state index contributed by atoms with van der Waals surface area (Å²) in [4.78, 5) is 4.10. The molecule has 1 atom stereocenters. The molecule has 124 valence electrons. The number of hydrogen-bond acceptors (Lipinski definition) is 3. The molecule has 1 unspecified atom stereocenters. The summed E-state index contributed by atoms with van der Waals surface area (Å²) in [6.45, 7) is 4.26. The molecule has 0 fully saturated rings. The average Bonchev–Trinajstić information content (AvgIpc) is 3.01. The molecule has 0 aliphatic rings. The molecule has 2 N–H and O–H groups in total. The van der Waals surface area contributed by atoms with Crippen molar-refractivity contribution >= 4 is 5.96 Å². The van der Waals surface area contributed by atoms with Gasteiger partial charge in [-0.3, -0.25) is 4.99 Å². The number of nitrogens with zero attached hydrogens (tertiary/aromatic N) is 2. The van der Waals surface area contributed by atoms with E-state index >= 15 is 0 Å². The van der Waals surface area contributed by atoms with Crippen molar-refractivity contribution in [1.29, 1.82) is 0 Å². The number of aryl methyl sites for hydroxylation is 1. The molecular formula is C16H20F2N4O. The van der Waals surface area contributed by atoms with Crippen LogP contribution in [0.2, 0.25) is 0 Å². The second-order valence-electron chi connectivity index (χ2n) is 5.10. The van der Waals surface area contributed by atoms with Crippen LogP contribution in [0, 0.1) is 11.6 Å². The Morgan fingerprint density at radius 3 is 2.70 bits per heavy atom. The van der Waals surface area contributed by atoms with Gasteiger partial charge in [-0.25, -0.2) is 8.78 Å². The number of halogens is 2. The van der Waals surface area contributed by atoms with Gasteiger partial charge in [-0.1, -0.05) is 18.1 Å². The predicted octanol–water partition coefficient (Wildman–Crippen LogP) is 2.94. The first kappa shape index (κ1) is 16.9. The molecule has 1 aromatic carbocycles. The minimum Gasteiger partial charge on any atom is -0.359 e. The maximum atomic E-state index is 13.3. The smallest absolute Gasteiger partial charge is 0.191 e. The molecule has 7 heteroatoms.